The Hall–Kier alpha value is -1.55. The number of benzene rings is 1. The van der Waals surface area contributed by atoms with Crippen LogP contribution in [0.1, 0.15) is 47.4 Å². The summed E-state index contributed by atoms with van der Waals surface area (Å²) in [4.78, 5) is 12.4. The topological polar surface area (TPSA) is 34.0 Å². The quantitative estimate of drug-likeness (QED) is 0.894. The molecule has 0 spiro atoms. The summed E-state index contributed by atoms with van der Waals surface area (Å²) in [6.07, 6.45) is 3.02. The molecule has 1 aliphatic rings. The minimum atomic E-state index is -0.00113. The standard InChI is InChI=1S/C17H19BrN2O/c1-11(2)20-10-14(18)8-16(20)17(21)19-9-13-7-12-5-3-4-6-15(12)13/h3-6,8,10-11,13H,7,9H2,1-2H3,(H,19,21). The van der Waals surface area contributed by atoms with E-state index < -0.39 is 0 Å². The lowest BCUT2D eigenvalue weighted by atomic mass is 9.77. The molecule has 1 aromatic heterocycles. The van der Waals surface area contributed by atoms with Crippen LogP contribution in [0.4, 0.5) is 0 Å². The molecular weight excluding hydrogens is 328 g/mol. The Kier molecular flexibility index (Phi) is 3.89. The van der Waals surface area contributed by atoms with Crippen molar-refractivity contribution in [2.75, 3.05) is 6.54 Å². The SMILES string of the molecule is CC(C)n1cc(Br)cc1C(=O)NCC1Cc2ccccc21. The Morgan fingerprint density at radius 2 is 2.19 bits per heavy atom. The molecule has 3 rings (SSSR count). The molecule has 1 amide bonds. The maximum Gasteiger partial charge on any atom is 0.267 e. The summed E-state index contributed by atoms with van der Waals surface area (Å²) in [5.41, 5.74) is 3.49. The summed E-state index contributed by atoms with van der Waals surface area (Å²) in [6.45, 7) is 4.85. The summed E-state index contributed by atoms with van der Waals surface area (Å²) in [5, 5.41) is 3.07. The van der Waals surface area contributed by atoms with Crippen LogP contribution in [0.5, 0.6) is 0 Å². The minimum absolute atomic E-state index is 0.00113. The highest BCUT2D eigenvalue weighted by atomic mass is 79.9. The van der Waals surface area contributed by atoms with E-state index in [9.17, 15) is 4.79 Å². The number of hydrogen-bond acceptors (Lipinski definition) is 1. The molecule has 21 heavy (non-hydrogen) atoms. The van der Waals surface area contributed by atoms with E-state index in [0.29, 0.717) is 18.2 Å². The van der Waals surface area contributed by atoms with E-state index in [1.165, 1.54) is 11.1 Å². The third kappa shape index (κ3) is 2.77. The molecule has 4 heteroatoms. The van der Waals surface area contributed by atoms with E-state index in [1.807, 2.05) is 16.8 Å². The maximum atomic E-state index is 12.4. The Morgan fingerprint density at radius 3 is 2.90 bits per heavy atom. The van der Waals surface area contributed by atoms with Gasteiger partial charge in [0.05, 0.1) is 0 Å². The molecule has 1 aliphatic carbocycles. The van der Waals surface area contributed by atoms with Crippen LogP contribution in [0.3, 0.4) is 0 Å². The summed E-state index contributed by atoms with van der Waals surface area (Å²) < 4.78 is 2.93. The first-order valence-corrected chi connectivity index (χ1v) is 8.09. The molecular formula is C17H19BrN2O. The monoisotopic (exact) mass is 346 g/mol. The number of fused-ring (bicyclic) bond motifs is 1. The summed E-state index contributed by atoms with van der Waals surface area (Å²) in [7, 11) is 0. The van der Waals surface area contributed by atoms with E-state index in [2.05, 4.69) is 59.4 Å². The molecule has 0 saturated carbocycles. The molecule has 1 aromatic carbocycles. The van der Waals surface area contributed by atoms with Crippen LogP contribution in [0, 0.1) is 0 Å². The normalized spacial score (nSPS) is 16.5. The maximum absolute atomic E-state index is 12.4. The van der Waals surface area contributed by atoms with Gasteiger partial charge in [-0.1, -0.05) is 24.3 Å². The zero-order valence-electron chi connectivity index (χ0n) is 12.3. The first-order chi connectivity index (χ1) is 10.1. The molecule has 0 aliphatic heterocycles. The van der Waals surface area contributed by atoms with Crippen molar-refractivity contribution in [1.29, 1.82) is 0 Å². The number of amides is 1. The van der Waals surface area contributed by atoms with Crippen LogP contribution in [0.2, 0.25) is 0 Å². The first kappa shape index (κ1) is 14.4. The fourth-order valence-corrected chi connectivity index (χ4v) is 3.34. The summed E-state index contributed by atoms with van der Waals surface area (Å²) in [6, 6.07) is 10.6. The van der Waals surface area contributed by atoms with Crippen molar-refractivity contribution >= 4 is 21.8 Å². The van der Waals surface area contributed by atoms with Crippen molar-refractivity contribution in [2.45, 2.75) is 32.2 Å². The van der Waals surface area contributed by atoms with Crippen molar-refractivity contribution < 1.29 is 4.79 Å². The predicted molar refractivity (Wildman–Crippen MR) is 87.7 cm³/mol. The zero-order valence-corrected chi connectivity index (χ0v) is 13.9. The lowest BCUT2D eigenvalue weighted by Crippen LogP contribution is -2.34. The highest BCUT2D eigenvalue weighted by molar-refractivity contribution is 9.10. The lowest BCUT2D eigenvalue weighted by Gasteiger charge is -2.30. The second-order valence-electron chi connectivity index (χ2n) is 5.85. The number of carbonyl (C=O) groups excluding carboxylic acids is 1. The van der Waals surface area contributed by atoms with Gasteiger partial charge in [0.15, 0.2) is 0 Å². The fraction of sp³-hybridized carbons (Fsp3) is 0.353. The molecule has 1 atom stereocenters. The Balaban J connectivity index is 1.66. The number of rotatable bonds is 4. The number of aromatic nitrogens is 1. The first-order valence-electron chi connectivity index (χ1n) is 7.29. The molecule has 1 heterocycles. The average Bonchev–Trinajstić information content (AvgIpc) is 2.82. The van der Waals surface area contributed by atoms with Crippen LogP contribution in [-0.2, 0) is 6.42 Å². The molecule has 0 fully saturated rings. The second-order valence-corrected chi connectivity index (χ2v) is 6.77. The lowest BCUT2D eigenvalue weighted by molar-refractivity contribution is 0.0939. The summed E-state index contributed by atoms with van der Waals surface area (Å²) in [5.74, 6) is 0.454. The van der Waals surface area contributed by atoms with E-state index in [4.69, 9.17) is 0 Å². The van der Waals surface area contributed by atoms with E-state index in [1.54, 1.807) is 0 Å². The number of nitrogens with zero attached hydrogens (tertiary/aromatic N) is 1. The highest BCUT2D eigenvalue weighted by Gasteiger charge is 2.26. The van der Waals surface area contributed by atoms with Crippen molar-refractivity contribution in [3.05, 3.63) is 57.8 Å². The largest absolute Gasteiger partial charge is 0.350 e. The van der Waals surface area contributed by atoms with Gasteiger partial charge >= 0.3 is 0 Å². The van der Waals surface area contributed by atoms with Crippen molar-refractivity contribution in [1.82, 2.24) is 9.88 Å². The number of halogens is 1. The smallest absolute Gasteiger partial charge is 0.267 e. The molecule has 1 unspecified atom stereocenters. The van der Waals surface area contributed by atoms with E-state index in [0.717, 1.165) is 10.9 Å². The van der Waals surface area contributed by atoms with Crippen LogP contribution in [0.15, 0.2) is 41.0 Å². The number of carbonyl (C=O) groups is 1. The van der Waals surface area contributed by atoms with Gasteiger partial charge in [0.2, 0.25) is 0 Å². The van der Waals surface area contributed by atoms with Crippen LogP contribution >= 0.6 is 15.9 Å². The third-order valence-corrected chi connectivity index (χ3v) is 4.51. The molecule has 3 nitrogen and oxygen atoms in total. The Morgan fingerprint density at radius 1 is 1.43 bits per heavy atom. The van der Waals surface area contributed by atoms with Gasteiger partial charge < -0.3 is 9.88 Å². The van der Waals surface area contributed by atoms with Crippen LogP contribution in [0.25, 0.3) is 0 Å². The highest BCUT2D eigenvalue weighted by Crippen LogP contribution is 2.34. The number of nitrogens with one attached hydrogen (secondary N) is 1. The molecule has 0 radical (unpaired) electrons. The van der Waals surface area contributed by atoms with Gasteiger partial charge in [0, 0.05) is 29.2 Å². The fourth-order valence-electron chi connectivity index (χ4n) is 2.91. The second kappa shape index (κ2) is 5.68. The molecule has 1 N–H and O–H groups in total. The van der Waals surface area contributed by atoms with Crippen molar-refractivity contribution in [2.24, 2.45) is 0 Å². The zero-order chi connectivity index (χ0) is 15.0. The van der Waals surface area contributed by atoms with Crippen molar-refractivity contribution in [3.63, 3.8) is 0 Å². The van der Waals surface area contributed by atoms with E-state index >= 15 is 0 Å². The average molecular weight is 347 g/mol. The molecule has 110 valence electrons. The van der Waals surface area contributed by atoms with Gasteiger partial charge in [0.25, 0.3) is 5.91 Å². The van der Waals surface area contributed by atoms with Crippen molar-refractivity contribution in [3.8, 4) is 0 Å². The Labute approximate surface area is 133 Å². The van der Waals surface area contributed by atoms with Crippen LogP contribution in [-0.4, -0.2) is 17.0 Å². The van der Waals surface area contributed by atoms with E-state index in [-0.39, 0.29) is 11.9 Å². The van der Waals surface area contributed by atoms with Gasteiger partial charge in [-0.3, -0.25) is 4.79 Å². The van der Waals surface area contributed by atoms with Gasteiger partial charge in [-0.05, 0) is 53.4 Å². The molecule has 0 bridgehead atoms. The Bertz CT molecular complexity index is 675. The molecule has 0 saturated heterocycles. The van der Waals surface area contributed by atoms with Crippen LogP contribution < -0.4 is 5.32 Å². The predicted octanol–water partition coefficient (Wildman–Crippen LogP) is 3.90. The minimum Gasteiger partial charge on any atom is -0.350 e. The number of hydrogen-bond donors (Lipinski definition) is 1. The third-order valence-electron chi connectivity index (χ3n) is 4.07. The van der Waals surface area contributed by atoms with Gasteiger partial charge in [0.1, 0.15) is 5.69 Å². The molecule has 2 aromatic rings. The summed E-state index contributed by atoms with van der Waals surface area (Å²) >= 11 is 3.45. The van der Waals surface area contributed by atoms with Gasteiger partial charge in [-0.25, -0.2) is 0 Å². The van der Waals surface area contributed by atoms with Gasteiger partial charge in [-0.2, -0.15) is 0 Å². The van der Waals surface area contributed by atoms with Gasteiger partial charge in [-0.15, -0.1) is 0 Å².